The molecule has 0 aliphatic carbocycles. The SMILES string of the molecule is CC(=O)CCc1c(C)c(OC(C)=O)c(C)c(C)c1OCCCC(C)(C)C(=O)O. The van der Waals surface area contributed by atoms with Gasteiger partial charge < -0.3 is 19.4 Å². The van der Waals surface area contributed by atoms with E-state index in [0.29, 0.717) is 43.8 Å². The molecule has 1 aromatic rings. The maximum Gasteiger partial charge on any atom is 0.309 e. The summed E-state index contributed by atoms with van der Waals surface area (Å²) in [5.41, 5.74) is 2.52. The predicted molar refractivity (Wildman–Crippen MR) is 107 cm³/mol. The van der Waals surface area contributed by atoms with Crippen LogP contribution in [-0.2, 0) is 20.8 Å². The highest BCUT2D eigenvalue weighted by Crippen LogP contribution is 2.39. The van der Waals surface area contributed by atoms with Crippen molar-refractivity contribution in [1.29, 1.82) is 0 Å². The zero-order chi connectivity index (χ0) is 21.6. The molecule has 0 spiro atoms. The molecule has 0 radical (unpaired) electrons. The highest BCUT2D eigenvalue weighted by molar-refractivity contribution is 5.76. The second kappa shape index (κ2) is 9.71. The second-order valence-electron chi connectivity index (χ2n) is 7.95. The number of carbonyl (C=O) groups is 3. The summed E-state index contributed by atoms with van der Waals surface area (Å²) in [7, 11) is 0. The summed E-state index contributed by atoms with van der Waals surface area (Å²) in [4.78, 5) is 34.2. The van der Waals surface area contributed by atoms with Crippen LogP contribution in [0.3, 0.4) is 0 Å². The van der Waals surface area contributed by atoms with E-state index in [2.05, 4.69) is 0 Å². The molecule has 0 heterocycles. The first-order valence-corrected chi connectivity index (χ1v) is 9.55. The number of rotatable bonds is 10. The van der Waals surface area contributed by atoms with E-state index in [1.165, 1.54) is 13.8 Å². The molecule has 1 N–H and O–H groups in total. The fourth-order valence-corrected chi connectivity index (χ4v) is 3.05. The zero-order valence-electron chi connectivity index (χ0n) is 18.0. The van der Waals surface area contributed by atoms with Crippen LogP contribution in [0.4, 0.5) is 0 Å². The van der Waals surface area contributed by atoms with Crippen LogP contribution in [0.5, 0.6) is 11.5 Å². The Hall–Kier alpha value is -2.37. The summed E-state index contributed by atoms with van der Waals surface area (Å²) < 4.78 is 11.5. The highest BCUT2D eigenvalue weighted by Gasteiger charge is 2.26. The van der Waals surface area contributed by atoms with Crippen LogP contribution in [0.2, 0.25) is 0 Å². The minimum absolute atomic E-state index is 0.0702. The maximum absolute atomic E-state index is 11.5. The van der Waals surface area contributed by atoms with Crippen molar-refractivity contribution in [2.45, 2.75) is 74.1 Å². The van der Waals surface area contributed by atoms with Gasteiger partial charge in [0.2, 0.25) is 0 Å². The van der Waals surface area contributed by atoms with Crippen molar-refractivity contribution in [2.24, 2.45) is 5.41 Å². The van der Waals surface area contributed by atoms with Gasteiger partial charge in [0.1, 0.15) is 17.3 Å². The Labute approximate surface area is 167 Å². The average Bonchev–Trinajstić information content (AvgIpc) is 2.58. The molecule has 0 aromatic heterocycles. The minimum atomic E-state index is -0.830. The van der Waals surface area contributed by atoms with Crippen LogP contribution in [0, 0.1) is 26.2 Å². The number of Topliss-reactive ketones (excluding diaryl/α,β-unsaturated/α-hetero) is 1. The second-order valence-corrected chi connectivity index (χ2v) is 7.95. The molecule has 0 fully saturated rings. The first kappa shape index (κ1) is 23.7. The van der Waals surface area contributed by atoms with Crippen molar-refractivity contribution in [3.63, 3.8) is 0 Å². The van der Waals surface area contributed by atoms with E-state index in [-0.39, 0.29) is 5.78 Å². The number of benzene rings is 1. The van der Waals surface area contributed by atoms with Crippen LogP contribution in [0.15, 0.2) is 0 Å². The monoisotopic (exact) mass is 392 g/mol. The molecule has 0 aliphatic rings. The number of aliphatic carboxylic acids is 1. The number of ketones is 1. The Morgan fingerprint density at radius 2 is 1.54 bits per heavy atom. The lowest BCUT2D eigenvalue weighted by Crippen LogP contribution is -2.24. The van der Waals surface area contributed by atoms with Gasteiger partial charge in [0.05, 0.1) is 12.0 Å². The van der Waals surface area contributed by atoms with Crippen LogP contribution < -0.4 is 9.47 Å². The molecule has 0 atom stereocenters. The van der Waals surface area contributed by atoms with E-state index in [0.717, 1.165) is 22.3 Å². The van der Waals surface area contributed by atoms with Crippen molar-refractivity contribution < 1.29 is 29.0 Å². The normalized spacial score (nSPS) is 11.2. The number of hydrogen-bond acceptors (Lipinski definition) is 5. The van der Waals surface area contributed by atoms with Crippen molar-refractivity contribution >= 4 is 17.7 Å². The minimum Gasteiger partial charge on any atom is -0.493 e. The molecular weight excluding hydrogens is 360 g/mol. The van der Waals surface area contributed by atoms with Crippen LogP contribution in [0.1, 0.15) is 69.2 Å². The van der Waals surface area contributed by atoms with Gasteiger partial charge in [-0.2, -0.15) is 0 Å². The summed E-state index contributed by atoms with van der Waals surface area (Å²) in [6.07, 6.45) is 1.94. The lowest BCUT2D eigenvalue weighted by atomic mass is 9.88. The Kier molecular flexibility index (Phi) is 8.21. The number of hydrogen-bond donors (Lipinski definition) is 1. The number of carbonyl (C=O) groups excluding carboxylic acids is 2. The van der Waals surface area contributed by atoms with Gasteiger partial charge in [0.25, 0.3) is 0 Å². The number of ether oxygens (including phenoxy) is 2. The largest absolute Gasteiger partial charge is 0.493 e. The Morgan fingerprint density at radius 3 is 2.04 bits per heavy atom. The third-order valence-corrected chi connectivity index (χ3v) is 5.06. The number of carboxylic acids is 1. The Balaban J connectivity index is 3.15. The van der Waals surface area contributed by atoms with E-state index < -0.39 is 17.4 Å². The van der Waals surface area contributed by atoms with Gasteiger partial charge in [-0.05, 0) is 77.5 Å². The lowest BCUT2D eigenvalue weighted by Gasteiger charge is -2.23. The molecule has 1 aromatic carbocycles. The molecule has 0 saturated carbocycles. The lowest BCUT2D eigenvalue weighted by molar-refractivity contribution is -0.147. The van der Waals surface area contributed by atoms with Gasteiger partial charge in [-0.3, -0.25) is 9.59 Å². The fourth-order valence-electron chi connectivity index (χ4n) is 3.05. The van der Waals surface area contributed by atoms with Crippen molar-refractivity contribution in [1.82, 2.24) is 0 Å². The van der Waals surface area contributed by atoms with Gasteiger partial charge in [-0.1, -0.05) is 0 Å². The third-order valence-electron chi connectivity index (χ3n) is 5.06. The Bertz CT molecular complexity index is 761. The molecule has 0 aliphatic heterocycles. The van der Waals surface area contributed by atoms with Gasteiger partial charge in [0.15, 0.2) is 0 Å². The molecule has 156 valence electrons. The molecule has 0 unspecified atom stereocenters. The van der Waals surface area contributed by atoms with Gasteiger partial charge in [-0.25, -0.2) is 0 Å². The van der Waals surface area contributed by atoms with E-state index in [1.54, 1.807) is 13.8 Å². The topological polar surface area (TPSA) is 89.9 Å². The smallest absolute Gasteiger partial charge is 0.309 e. The van der Waals surface area contributed by atoms with E-state index in [4.69, 9.17) is 9.47 Å². The van der Waals surface area contributed by atoms with E-state index in [1.807, 2.05) is 20.8 Å². The highest BCUT2D eigenvalue weighted by atomic mass is 16.5. The summed E-state index contributed by atoms with van der Waals surface area (Å²) in [5.74, 6) is 0.0555. The average molecular weight is 392 g/mol. The van der Waals surface area contributed by atoms with Gasteiger partial charge in [-0.15, -0.1) is 0 Å². The molecule has 6 nitrogen and oxygen atoms in total. The first-order chi connectivity index (χ1) is 12.9. The van der Waals surface area contributed by atoms with Crippen molar-refractivity contribution in [3.05, 3.63) is 22.3 Å². The zero-order valence-corrected chi connectivity index (χ0v) is 18.0. The molecule has 28 heavy (non-hydrogen) atoms. The number of esters is 1. The maximum atomic E-state index is 11.5. The van der Waals surface area contributed by atoms with E-state index in [9.17, 15) is 19.5 Å². The fraction of sp³-hybridized carbons (Fsp3) is 0.591. The molecular formula is C22H32O6. The molecule has 0 amide bonds. The third kappa shape index (κ3) is 6.08. The van der Waals surface area contributed by atoms with Crippen LogP contribution in [-0.4, -0.2) is 29.4 Å². The van der Waals surface area contributed by atoms with E-state index >= 15 is 0 Å². The first-order valence-electron chi connectivity index (χ1n) is 9.55. The quantitative estimate of drug-likeness (QED) is 0.362. The standard InChI is InChI=1S/C22H32O6/c1-13(23)9-10-18-16(4)19(28-17(5)24)14(2)15(3)20(18)27-12-8-11-22(6,7)21(25)26/h8-12H2,1-7H3,(H,25,26). The summed E-state index contributed by atoms with van der Waals surface area (Å²) in [6.45, 7) is 12.3. The van der Waals surface area contributed by atoms with Gasteiger partial charge in [0, 0.05) is 18.9 Å². The molecule has 1 rings (SSSR count). The molecule has 0 saturated heterocycles. The summed E-state index contributed by atoms with van der Waals surface area (Å²) in [5, 5.41) is 9.23. The molecule has 0 bridgehead atoms. The van der Waals surface area contributed by atoms with Gasteiger partial charge >= 0.3 is 11.9 Å². The summed E-state index contributed by atoms with van der Waals surface area (Å²) >= 11 is 0. The summed E-state index contributed by atoms with van der Waals surface area (Å²) in [6, 6.07) is 0. The Morgan fingerprint density at radius 1 is 0.964 bits per heavy atom. The van der Waals surface area contributed by atoms with Crippen LogP contribution >= 0.6 is 0 Å². The van der Waals surface area contributed by atoms with Crippen LogP contribution in [0.25, 0.3) is 0 Å². The molecule has 6 heteroatoms. The van der Waals surface area contributed by atoms with Crippen molar-refractivity contribution in [3.8, 4) is 11.5 Å². The predicted octanol–water partition coefficient (Wildman–Crippen LogP) is 4.33. The number of carboxylic acid groups (broad SMARTS) is 1. The van der Waals surface area contributed by atoms with Crippen molar-refractivity contribution in [2.75, 3.05) is 6.61 Å².